The van der Waals surface area contributed by atoms with Crippen LogP contribution in [0.3, 0.4) is 0 Å². The highest BCUT2D eigenvalue weighted by atomic mass is 16.5. The first-order valence-electron chi connectivity index (χ1n) is 11.0. The Labute approximate surface area is 186 Å². The van der Waals surface area contributed by atoms with E-state index < -0.39 is 0 Å². The van der Waals surface area contributed by atoms with Gasteiger partial charge in [-0.25, -0.2) is 0 Å². The SMILES string of the molecule is C=CCOc1ccc(C(=O)C=Cc2cc(OCCCC)cc(OCCCC)c2C)cc1. The molecule has 0 N–H and O–H groups in total. The second-order valence-corrected chi connectivity index (χ2v) is 7.36. The van der Waals surface area contributed by atoms with Gasteiger partial charge in [0.25, 0.3) is 0 Å². The zero-order chi connectivity index (χ0) is 22.5. The smallest absolute Gasteiger partial charge is 0.185 e. The van der Waals surface area contributed by atoms with Crippen LogP contribution in [0.25, 0.3) is 6.08 Å². The van der Waals surface area contributed by atoms with Crippen LogP contribution >= 0.6 is 0 Å². The number of hydrogen-bond acceptors (Lipinski definition) is 4. The summed E-state index contributed by atoms with van der Waals surface area (Å²) in [6.45, 7) is 11.7. The minimum atomic E-state index is -0.0690. The number of carbonyl (C=O) groups excluding carboxylic acids is 1. The van der Waals surface area contributed by atoms with Crippen molar-refractivity contribution >= 4 is 11.9 Å². The average Bonchev–Trinajstić information content (AvgIpc) is 2.79. The van der Waals surface area contributed by atoms with Crippen molar-refractivity contribution in [3.8, 4) is 17.2 Å². The normalized spacial score (nSPS) is 10.8. The van der Waals surface area contributed by atoms with Crippen LogP contribution in [0.4, 0.5) is 0 Å². The highest BCUT2D eigenvalue weighted by Gasteiger charge is 2.09. The van der Waals surface area contributed by atoms with Gasteiger partial charge in [-0.15, -0.1) is 0 Å². The third kappa shape index (κ3) is 7.97. The summed E-state index contributed by atoms with van der Waals surface area (Å²) in [6, 6.07) is 11.0. The molecule has 0 saturated carbocycles. The van der Waals surface area contributed by atoms with Gasteiger partial charge in [0.05, 0.1) is 13.2 Å². The van der Waals surface area contributed by atoms with E-state index in [0.29, 0.717) is 31.1 Å². The molecule has 0 saturated heterocycles. The van der Waals surface area contributed by atoms with E-state index in [1.165, 1.54) is 0 Å². The average molecular weight is 423 g/mol. The molecule has 0 aromatic heterocycles. The van der Waals surface area contributed by atoms with Crippen molar-refractivity contribution < 1.29 is 19.0 Å². The highest BCUT2D eigenvalue weighted by molar-refractivity contribution is 6.07. The van der Waals surface area contributed by atoms with Crippen LogP contribution in [0.15, 0.2) is 55.1 Å². The molecule has 0 spiro atoms. The van der Waals surface area contributed by atoms with Gasteiger partial charge < -0.3 is 14.2 Å². The van der Waals surface area contributed by atoms with Crippen molar-refractivity contribution in [2.24, 2.45) is 0 Å². The number of hydrogen-bond donors (Lipinski definition) is 0. The summed E-state index contributed by atoms with van der Waals surface area (Å²) in [6.07, 6.45) is 9.25. The van der Waals surface area contributed by atoms with Crippen molar-refractivity contribution in [1.82, 2.24) is 0 Å². The van der Waals surface area contributed by atoms with Crippen LogP contribution < -0.4 is 14.2 Å². The van der Waals surface area contributed by atoms with Crippen molar-refractivity contribution in [3.63, 3.8) is 0 Å². The molecule has 0 heterocycles. The van der Waals surface area contributed by atoms with Gasteiger partial charge in [0.1, 0.15) is 23.9 Å². The monoisotopic (exact) mass is 422 g/mol. The van der Waals surface area contributed by atoms with Gasteiger partial charge in [0, 0.05) is 11.6 Å². The molecule has 0 aliphatic carbocycles. The fourth-order valence-electron chi connectivity index (χ4n) is 2.88. The van der Waals surface area contributed by atoms with Crippen molar-refractivity contribution in [2.45, 2.75) is 46.5 Å². The molecular formula is C27H34O4. The minimum Gasteiger partial charge on any atom is -0.493 e. The van der Waals surface area contributed by atoms with Crippen LogP contribution in [0.2, 0.25) is 0 Å². The van der Waals surface area contributed by atoms with Gasteiger partial charge in [-0.3, -0.25) is 4.79 Å². The first-order valence-corrected chi connectivity index (χ1v) is 11.0. The molecular weight excluding hydrogens is 388 g/mol. The molecule has 2 rings (SSSR count). The molecule has 0 aliphatic rings. The zero-order valence-electron chi connectivity index (χ0n) is 19.0. The van der Waals surface area contributed by atoms with Gasteiger partial charge >= 0.3 is 0 Å². The number of benzene rings is 2. The van der Waals surface area contributed by atoms with E-state index in [1.54, 1.807) is 36.4 Å². The quantitative estimate of drug-likeness (QED) is 0.145. The maximum Gasteiger partial charge on any atom is 0.185 e. The maximum atomic E-state index is 12.6. The summed E-state index contributed by atoms with van der Waals surface area (Å²) in [5, 5.41) is 0. The molecule has 2 aromatic rings. The number of ketones is 1. The van der Waals surface area contributed by atoms with Crippen molar-refractivity contribution in [2.75, 3.05) is 19.8 Å². The third-order valence-corrected chi connectivity index (χ3v) is 4.82. The number of allylic oxidation sites excluding steroid dienone is 1. The Bertz CT molecular complexity index is 866. The van der Waals surface area contributed by atoms with Crippen LogP contribution in [-0.2, 0) is 0 Å². The lowest BCUT2D eigenvalue weighted by atomic mass is 10.0. The summed E-state index contributed by atoms with van der Waals surface area (Å²) >= 11 is 0. The first kappa shape index (κ1) is 24.3. The van der Waals surface area contributed by atoms with E-state index in [1.807, 2.05) is 25.1 Å². The molecule has 0 amide bonds. The predicted octanol–water partition coefficient (Wildman–Crippen LogP) is 6.81. The van der Waals surface area contributed by atoms with E-state index in [0.717, 1.165) is 48.3 Å². The molecule has 31 heavy (non-hydrogen) atoms. The van der Waals surface area contributed by atoms with Crippen molar-refractivity contribution in [1.29, 1.82) is 0 Å². The molecule has 0 bridgehead atoms. The Morgan fingerprint density at radius 1 is 0.935 bits per heavy atom. The fraction of sp³-hybridized carbons (Fsp3) is 0.370. The lowest BCUT2D eigenvalue weighted by Gasteiger charge is -2.14. The molecule has 0 aliphatic heterocycles. The Morgan fingerprint density at radius 2 is 1.61 bits per heavy atom. The molecule has 0 fully saturated rings. The van der Waals surface area contributed by atoms with E-state index in [-0.39, 0.29) is 5.78 Å². The first-order chi connectivity index (χ1) is 15.1. The van der Waals surface area contributed by atoms with Crippen LogP contribution in [0.1, 0.15) is 61.0 Å². The Balaban J connectivity index is 2.18. The summed E-state index contributed by atoms with van der Waals surface area (Å²) in [4.78, 5) is 12.6. The predicted molar refractivity (Wildman–Crippen MR) is 127 cm³/mol. The summed E-state index contributed by atoms with van der Waals surface area (Å²) in [7, 11) is 0. The van der Waals surface area contributed by atoms with Crippen LogP contribution in [-0.4, -0.2) is 25.6 Å². The van der Waals surface area contributed by atoms with E-state index in [2.05, 4.69) is 20.4 Å². The lowest BCUT2D eigenvalue weighted by molar-refractivity contribution is 0.104. The van der Waals surface area contributed by atoms with Crippen LogP contribution in [0, 0.1) is 6.92 Å². The second-order valence-electron chi connectivity index (χ2n) is 7.36. The molecule has 0 unspecified atom stereocenters. The second kappa shape index (κ2) is 13.3. The number of unbranched alkanes of at least 4 members (excludes halogenated alkanes) is 2. The summed E-state index contributed by atoms with van der Waals surface area (Å²) in [5.74, 6) is 2.21. The Morgan fingerprint density at radius 3 is 2.26 bits per heavy atom. The molecule has 0 atom stereocenters. The van der Waals surface area contributed by atoms with Crippen molar-refractivity contribution in [3.05, 3.63) is 71.8 Å². The lowest BCUT2D eigenvalue weighted by Crippen LogP contribution is -2.02. The number of ether oxygens (including phenoxy) is 3. The number of rotatable bonds is 14. The Hall–Kier alpha value is -3.01. The Kier molecular flexibility index (Phi) is 10.4. The summed E-state index contributed by atoms with van der Waals surface area (Å²) in [5.41, 5.74) is 2.52. The van der Waals surface area contributed by atoms with E-state index in [4.69, 9.17) is 14.2 Å². The summed E-state index contributed by atoms with van der Waals surface area (Å²) < 4.78 is 17.4. The van der Waals surface area contributed by atoms with Gasteiger partial charge in [0.15, 0.2) is 5.78 Å². The zero-order valence-corrected chi connectivity index (χ0v) is 19.0. The molecule has 4 heteroatoms. The molecule has 2 aromatic carbocycles. The van der Waals surface area contributed by atoms with E-state index in [9.17, 15) is 4.79 Å². The topological polar surface area (TPSA) is 44.8 Å². The molecule has 0 radical (unpaired) electrons. The van der Waals surface area contributed by atoms with Gasteiger partial charge in [-0.05, 0) is 67.3 Å². The maximum absolute atomic E-state index is 12.6. The standard InChI is InChI=1S/C27H34O4/c1-5-8-17-30-25-19-23(21(4)27(20-25)31-18-9-6-2)12-15-26(28)22-10-13-24(14-11-22)29-16-7-3/h7,10-15,19-20H,3,5-6,8-9,16-18H2,1-2,4H3. The van der Waals surface area contributed by atoms with Gasteiger partial charge in [-0.1, -0.05) is 45.4 Å². The largest absolute Gasteiger partial charge is 0.493 e. The minimum absolute atomic E-state index is 0.0690. The van der Waals surface area contributed by atoms with E-state index >= 15 is 0 Å². The number of carbonyl (C=O) groups is 1. The highest BCUT2D eigenvalue weighted by Crippen LogP contribution is 2.30. The molecule has 166 valence electrons. The molecule has 4 nitrogen and oxygen atoms in total. The van der Waals surface area contributed by atoms with Gasteiger partial charge in [-0.2, -0.15) is 0 Å². The third-order valence-electron chi connectivity index (χ3n) is 4.82. The fourth-order valence-corrected chi connectivity index (χ4v) is 2.88. The van der Waals surface area contributed by atoms with Gasteiger partial charge in [0.2, 0.25) is 0 Å². The van der Waals surface area contributed by atoms with Crippen LogP contribution in [0.5, 0.6) is 17.2 Å².